The molecule has 20 heavy (non-hydrogen) atoms. The molecule has 1 aromatic carbocycles. The predicted octanol–water partition coefficient (Wildman–Crippen LogP) is 2.07. The smallest absolute Gasteiger partial charge is 0.223 e. The molecule has 0 saturated carbocycles. The fraction of sp³-hybridized carbons (Fsp3) is 0.333. The zero-order chi connectivity index (χ0) is 13.9. The molecule has 0 saturated heterocycles. The second kappa shape index (κ2) is 5.36. The van der Waals surface area contributed by atoms with Gasteiger partial charge in [-0.2, -0.15) is 9.97 Å². The van der Waals surface area contributed by atoms with Gasteiger partial charge in [0.05, 0.1) is 0 Å². The number of benzene rings is 1. The maximum absolute atomic E-state index is 5.75. The Morgan fingerprint density at radius 3 is 2.45 bits per heavy atom. The van der Waals surface area contributed by atoms with Crippen molar-refractivity contribution in [2.45, 2.75) is 25.8 Å². The van der Waals surface area contributed by atoms with Crippen LogP contribution in [0.3, 0.4) is 0 Å². The Morgan fingerprint density at radius 2 is 1.80 bits per heavy atom. The average Bonchev–Trinajstić information content (AvgIpc) is 2.80. The molecule has 4 N–H and O–H groups in total. The van der Waals surface area contributed by atoms with E-state index in [2.05, 4.69) is 44.9 Å². The first-order valence-electron chi connectivity index (χ1n) is 6.96. The van der Waals surface area contributed by atoms with Crippen molar-refractivity contribution in [2.24, 2.45) is 0 Å². The maximum atomic E-state index is 5.75. The number of nitrogens with zero attached hydrogens (tertiary/aromatic N) is 2. The van der Waals surface area contributed by atoms with Gasteiger partial charge in [0.2, 0.25) is 5.95 Å². The average molecular weight is 269 g/mol. The molecule has 0 aliphatic heterocycles. The molecule has 5 heteroatoms. The number of hydrogen-bond donors (Lipinski definition) is 3. The summed E-state index contributed by atoms with van der Waals surface area (Å²) in [5, 5.41) is 6.62. The Bertz CT molecular complexity index is 586. The Kier molecular flexibility index (Phi) is 3.41. The fourth-order valence-electron chi connectivity index (χ4n) is 2.68. The molecule has 0 radical (unpaired) electrons. The van der Waals surface area contributed by atoms with Crippen molar-refractivity contribution < 1.29 is 0 Å². The van der Waals surface area contributed by atoms with Crippen LogP contribution in [0.5, 0.6) is 0 Å². The topological polar surface area (TPSA) is 75.9 Å². The third kappa shape index (κ3) is 2.66. The molecule has 0 fully saturated rings. The van der Waals surface area contributed by atoms with Crippen molar-refractivity contribution in [2.75, 3.05) is 22.9 Å². The van der Waals surface area contributed by atoms with Crippen LogP contribution in [0.25, 0.3) is 0 Å². The number of fused-ring (bicyclic) bond motifs is 1. The van der Waals surface area contributed by atoms with E-state index in [-0.39, 0.29) is 0 Å². The maximum Gasteiger partial charge on any atom is 0.223 e. The molecule has 0 bridgehead atoms. The Labute approximate surface area is 118 Å². The minimum absolute atomic E-state index is 0.293. The largest absolute Gasteiger partial charge is 0.370 e. The first kappa shape index (κ1) is 12.7. The van der Waals surface area contributed by atoms with Crippen LogP contribution >= 0.6 is 0 Å². The molecule has 0 unspecified atom stereocenters. The zero-order valence-electron chi connectivity index (χ0n) is 11.6. The molecule has 3 rings (SSSR count). The lowest BCUT2D eigenvalue weighted by molar-refractivity contribution is 0.768. The lowest BCUT2D eigenvalue weighted by Gasteiger charge is -2.14. The van der Waals surface area contributed by atoms with E-state index in [1.54, 1.807) is 0 Å². The standard InChI is InChI=1S/C15H19N5/c1-2-17-13-9-14(20-15(16)19-13)18-12-7-10-5-3-4-6-11(10)8-12/h3-6,9,12H,2,7-8H2,1H3,(H4,16,17,18,19,20). The van der Waals surface area contributed by atoms with Gasteiger partial charge in [0.15, 0.2) is 0 Å². The van der Waals surface area contributed by atoms with Gasteiger partial charge >= 0.3 is 0 Å². The van der Waals surface area contributed by atoms with Crippen LogP contribution in [0.2, 0.25) is 0 Å². The van der Waals surface area contributed by atoms with Crippen molar-refractivity contribution in [3.63, 3.8) is 0 Å². The third-order valence-corrected chi connectivity index (χ3v) is 3.50. The van der Waals surface area contributed by atoms with E-state index in [0.717, 1.165) is 31.0 Å². The number of rotatable bonds is 4. The lowest BCUT2D eigenvalue weighted by Crippen LogP contribution is -2.21. The first-order valence-corrected chi connectivity index (χ1v) is 6.96. The van der Waals surface area contributed by atoms with Crippen LogP contribution in [0, 0.1) is 0 Å². The molecule has 1 aromatic heterocycles. The molecule has 1 heterocycles. The van der Waals surface area contributed by atoms with Crippen LogP contribution in [0.1, 0.15) is 18.1 Å². The van der Waals surface area contributed by atoms with Crippen molar-refractivity contribution >= 4 is 17.6 Å². The van der Waals surface area contributed by atoms with Crippen molar-refractivity contribution in [3.8, 4) is 0 Å². The summed E-state index contributed by atoms with van der Waals surface area (Å²) < 4.78 is 0. The molecule has 0 amide bonds. The lowest BCUT2D eigenvalue weighted by atomic mass is 10.1. The van der Waals surface area contributed by atoms with Crippen molar-refractivity contribution in [1.82, 2.24) is 9.97 Å². The molecular weight excluding hydrogens is 250 g/mol. The van der Waals surface area contributed by atoms with Gasteiger partial charge in [-0.15, -0.1) is 0 Å². The summed E-state index contributed by atoms with van der Waals surface area (Å²) in [6, 6.07) is 10.8. The van der Waals surface area contributed by atoms with E-state index in [9.17, 15) is 0 Å². The van der Waals surface area contributed by atoms with E-state index in [4.69, 9.17) is 5.73 Å². The van der Waals surface area contributed by atoms with E-state index in [1.807, 2.05) is 13.0 Å². The van der Waals surface area contributed by atoms with E-state index in [1.165, 1.54) is 11.1 Å². The number of nitrogen functional groups attached to an aromatic ring is 1. The monoisotopic (exact) mass is 269 g/mol. The minimum atomic E-state index is 0.293. The number of anilines is 3. The quantitative estimate of drug-likeness (QED) is 0.792. The highest BCUT2D eigenvalue weighted by atomic mass is 15.1. The summed E-state index contributed by atoms with van der Waals surface area (Å²) in [6.45, 7) is 2.84. The van der Waals surface area contributed by atoms with Gasteiger partial charge in [0, 0.05) is 18.7 Å². The Hall–Kier alpha value is -2.30. The summed E-state index contributed by atoms with van der Waals surface area (Å²) >= 11 is 0. The minimum Gasteiger partial charge on any atom is -0.370 e. The van der Waals surface area contributed by atoms with Crippen LogP contribution in [0.4, 0.5) is 17.6 Å². The summed E-state index contributed by atoms with van der Waals surface area (Å²) in [7, 11) is 0. The normalized spacial score (nSPS) is 14.1. The number of nitrogens with two attached hydrogens (primary N) is 1. The molecule has 0 spiro atoms. The first-order chi connectivity index (χ1) is 9.74. The number of nitrogens with one attached hydrogen (secondary N) is 2. The summed E-state index contributed by atoms with van der Waals surface area (Å²) in [4.78, 5) is 8.41. The zero-order valence-corrected chi connectivity index (χ0v) is 11.6. The number of hydrogen-bond acceptors (Lipinski definition) is 5. The van der Waals surface area contributed by atoms with Gasteiger partial charge in [0.1, 0.15) is 11.6 Å². The molecule has 1 aliphatic carbocycles. The van der Waals surface area contributed by atoms with E-state index >= 15 is 0 Å². The molecule has 0 atom stereocenters. The van der Waals surface area contributed by atoms with Crippen molar-refractivity contribution in [1.29, 1.82) is 0 Å². The molecule has 5 nitrogen and oxygen atoms in total. The highest BCUT2D eigenvalue weighted by Crippen LogP contribution is 2.24. The summed E-state index contributed by atoms with van der Waals surface area (Å²) in [6.07, 6.45) is 2.05. The second-order valence-corrected chi connectivity index (χ2v) is 5.05. The van der Waals surface area contributed by atoms with Crippen LogP contribution in [-0.2, 0) is 12.8 Å². The SMILES string of the molecule is CCNc1cc(NC2Cc3ccccc3C2)nc(N)n1. The van der Waals surface area contributed by atoms with Gasteiger partial charge in [-0.3, -0.25) is 0 Å². The Balaban J connectivity index is 1.73. The number of aromatic nitrogens is 2. The summed E-state index contributed by atoms with van der Waals surface area (Å²) in [5.41, 5.74) is 8.58. The predicted molar refractivity (Wildman–Crippen MR) is 81.9 cm³/mol. The molecule has 2 aromatic rings. The Morgan fingerprint density at radius 1 is 1.15 bits per heavy atom. The van der Waals surface area contributed by atoms with Gasteiger partial charge in [-0.25, -0.2) is 0 Å². The van der Waals surface area contributed by atoms with Crippen LogP contribution < -0.4 is 16.4 Å². The van der Waals surface area contributed by atoms with Gasteiger partial charge in [0.25, 0.3) is 0 Å². The van der Waals surface area contributed by atoms with E-state index < -0.39 is 0 Å². The highest BCUT2D eigenvalue weighted by Gasteiger charge is 2.21. The van der Waals surface area contributed by atoms with Gasteiger partial charge in [-0.1, -0.05) is 24.3 Å². The molecule has 104 valence electrons. The van der Waals surface area contributed by atoms with Gasteiger partial charge < -0.3 is 16.4 Å². The highest BCUT2D eigenvalue weighted by molar-refractivity contribution is 5.52. The third-order valence-electron chi connectivity index (χ3n) is 3.50. The molecular formula is C15H19N5. The molecule has 1 aliphatic rings. The second-order valence-electron chi connectivity index (χ2n) is 5.05. The van der Waals surface area contributed by atoms with Crippen LogP contribution in [-0.4, -0.2) is 22.6 Å². The summed E-state index contributed by atoms with van der Waals surface area (Å²) in [5.74, 6) is 1.84. The fourth-order valence-corrected chi connectivity index (χ4v) is 2.68. The van der Waals surface area contributed by atoms with Crippen LogP contribution in [0.15, 0.2) is 30.3 Å². The van der Waals surface area contributed by atoms with Crippen molar-refractivity contribution in [3.05, 3.63) is 41.5 Å². The van der Waals surface area contributed by atoms with Gasteiger partial charge in [-0.05, 0) is 30.9 Å². The van der Waals surface area contributed by atoms with E-state index in [0.29, 0.717) is 12.0 Å².